The van der Waals surface area contributed by atoms with Gasteiger partial charge >= 0.3 is 0 Å². The first-order valence-electron chi connectivity index (χ1n) is 7.35. The Morgan fingerprint density at radius 1 is 1.60 bits per heavy atom. The third kappa shape index (κ3) is 1.74. The number of nitrogens with zero attached hydrogens (tertiary/aromatic N) is 1. The van der Waals surface area contributed by atoms with Crippen LogP contribution in [0.5, 0.6) is 0 Å². The minimum absolute atomic E-state index is 0.0957. The fraction of sp³-hybridized carbons (Fsp3) is 0.625. The number of aromatic nitrogens is 2. The smallest absolute Gasteiger partial charge is 0.230 e. The van der Waals surface area contributed by atoms with Crippen LogP contribution in [0.2, 0.25) is 0 Å². The van der Waals surface area contributed by atoms with Crippen LogP contribution in [-0.2, 0) is 11.3 Å². The Hall–Kier alpha value is -1.58. The Morgan fingerprint density at radius 2 is 2.35 bits per heavy atom. The third-order valence-corrected chi connectivity index (χ3v) is 5.51. The summed E-state index contributed by atoms with van der Waals surface area (Å²) in [4.78, 5) is 12.7. The summed E-state index contributed by atoms with van der Waals surface area (Å²) >= 11 is 0. The molecule has 2 atom stereocenters. The van der Waals surface area contributed by atoms with Gasteiger partial charge in [-0.15, -0.1) is 0 Å². The van der Waals surface area contributed by atoms with Gasteiger partial charge in [-0.2, -0.15) is 5.10 Å². The standard InChI is InChI=1S/C16H23N3O/c1-10-7-13(19-18-10)9-17-14(20)16-6-5-12(8-16)15(3,4)11(16)2/h7,12H,2,5-6,8-9H2,1,3-4H3,(H,17,20)(H,18,19)/t12-,16+/m0/s1. The number of amides is 1. The number of aromatic amines is 1. The number of nitrogens with one attached hydrogen (secondary N) is 2. The Bertz CT molecular complexity index is 572. The molecule has 0 spiro atoms. The average Bonchev–Trinajstić information content (AvgIpc) is 3.05. The molecule has 3 rings (SSSR count). The summed E-state index contributed by atoms with van der Waals surface area (Å²) < 4.78 is 0. The van der Waals surface area contributed by atoms with Crippen LogP contribution in [0.15, 0.2) is 18.2 Å². The molecule has 0 aromatic carbocycles. The van der Waals surface area contributed by atoms with E-state index in [2.05, 4.69) is 35.9 Å². The van der Waals surface area contributed by atoms with Crippen molar-refractivity contribution in [2.24, 2.45) is 16.7 Å². The van der Waals surface area contributed by atoms with Crippen LogP contribution in [0.25, 0.3) is 0 Å². The highest BCUT2D eigenvalue weighted by Gasteiger charge is 2.60. The third-order valence-electron chi connectivity index (χ3n) is 5.51. The number of rotatable bonds is 3. The van der Waals surface area contributed by atoms with Crippen molar-refractivity contribution < 1.29 is 4.79 Å². The van der Waals surface area contributed by atoms with Gasteiger partial charge in [0.2, 0.25) is 5.91 Å². The van der Waals surface area contributed by atoms with Gasteiger partial charge in [0, 0.05) is 5.69 Å². The first kappa shape index (κ1) is 13.4. The summed E-state index contributed by atoms with van der Waals surface area (Å²) in [5, 5.41) is 10.1. The minimum Gasteiger partial charge on any atom is -0.350 e. The van der Waals surface area contributed by atoms with E-state index in [4.69, 9.17) is 0 Å². The average molecular weight is 273 g/mol. The Balaban J connectivity index is 1.73. The lowest BCUT2D eigenvalue weighted by atomic mass is 9.68. The van der Waals surface area contributed by atoms with Gasteiger partial charge in [-0.3, -0.25) is 9.89 Å². The molecule has 0 unspecified atom stereocenters. The van der Waals surface area contributed by atoms with Crippen molar-refractivity contribution in [3.05, 3.63) is 29.6 Å². The number of carbonyl (C=O) groups is 1. The molecule has 4 nitrogen and oxygen atoms in total. The first-order valence-corrected chi connectivity index (χ1v) is 7.35. The summed E-state index contributed by atoms with van der Waals surface area (Å²) in [6.07, 6.45) is 3.05. The van der Waals surface area contributed by atoms with Crippen molar-refractivity contribution in [1.82, 2.24) is 15.5 Å². The molecule has 2 bridgehead atoms. The second-order valence-corrected chi connectivity index (χ2v) is 6.95. The lowest BCUT2D eigenvalue weighted by Crippen LogP contribution is -2.41. The van der Waals surface area contributed by atoms with Crippen LogP contribution in [0.1, 0.15) is 44.5 Å². The Labute approximate surface area is 120 Å². The zero-order valence-electron chi connectivity index (χ0n) is 12.5. The first-order chi connectivity index (χ1) is 9.36. The molecule has 2 saturated carbocycles. The molecule has 20 heavy (non-hydrogen) atoms. The van der Waals surface area contributed by atoms with E-state index in [1.54, 1.807) is 0 Å². The van der Waals surface area contributed by atoms with E-state index >= 15 is 0 Å². The summed E-state index contributed by atoms with van der Waals surface area (Å²) in [7, 11) is 0. The zero-order chi connectivity index (χ0) is 14.5. The van der Waals surface area contributed by atoms with Gasteiger partial charge in [-0.05, 0) is 43.6 Å². The van der Waals surface area contributed by atoms with Gasteiger partial charge < -0.3 is 5.32 Å². The van der Waals surface area contributed by atoms with Crippen LogP contribution < -0.4 is 5.32 Å². The minimum atomic E-state index is -0.334. The monoisotopic (exact) mass is 273 g/mol. The topological polar surface area (TPSA) is 57.8 Å². The van der Waals surface area contributed by atoms with Gasteiger partial charge in [0.25, 0.3) is 0 Å². The highest BCUT2D eigenvalue weighted by atomic mass is 16.2. The van der Waals surface area contributed by atoms with E-state index < -0.39 is 0 Å². The van der Waals surface area contributed by atoms with Crippen molar-refractivity contribution in [2.45, 2.75) is 46.6 Å². The van der Waals surface area contributed by atoms with Crippen LogP contribution in [0, 0.1) is 23.7 Å². The maximum atomic E-state index is 12.7. The normalized spacial score (nSPS) is 30.8. The Morgan fingerprint density at radius 3 is 2.90 bits per heavy atom. The van der Waals surface area contributed by atoms with Crippen LogP contribution in [-0.4, -0.2) is 16.1 Å². The second-order valence-electron chi connectivity index (χ2n) is 6.95. The van der Waals surface area contributed by atoms with E-state index in [-0.39, 0.29) is 16.7 Å². The van der Waals surface area contributed by atoms with Crippen molar-refractivity contribution in [2.75, 3.05) is 0 Å². The van der Waals surface area contributed by atoms with E-state index in [0.717, 1.165) is 36.2 Å². The maximum absolute atomic E-state index is 12.7. The SMILES string of the molecule is C=C1C(C)(C)[C@H]2CC[C@@]1(C(=O)NCc1cc(C)[nH]n1)C2. The largest absolute Gasteiger partial charge is 0.350 e. The number of fused-ring (bicyclic) bond motifs is 2. The molecule has 1 heterocycles. The summed E-state index contributed by atoms with van der Waals surface area (Å²) in [5.41, 5.74) is 2.78. The molecule has 1 aromatic rings. The number of H-pyrrole nitrogens is 1. The fourth-order valence-corrected chi connectivity index (χ4v) is 4.05. The van der Waals surface area contributed by atoms with E-state index in [1.807, 2.05) is 13.0 Å². The Kier molecular flexibility index (Phi) is 2.82. The van der Waals surface area contributed by atoms with Gasteiger partial charge in [-0.1, -0.05) is 26.0 Å². The molecule has 0 radical (unpaired) electrons. The highest BCUT2D eigenvalue weighted by Crippen LogP contribution is 2.65. The molecule has 108 valence electrons. The maximum Gasteiger partial charge on any atom is 0.230 e. The van der Waals surface area contributed by atoms with Crippen molar-refractivity contribution in [3.63, 3.8) is 0 Å². The molecule has 1 amide bonds. The summed E-state index contributed by atoms with van der Waals surface area (Å²) in [6.45, 7) is 11.2. The van der Waals surface area contributed by atoms with Gasteiger partial charge in [0.15, 0.2) is 0 Å². The second kappa shape index (κ2) is 4.21. The van der Waals surface area contributed by atoms with Crippen LogP contribution >= 0.6 is 0 Å². The predicted octanol–water partition coefficient (Wildman–Crippen LogP) is 2.72. The predicted molar refractivity (Wildman–Crippen MR) is 77.9 cm³/mol. The molecule has 4 heteroatoms. The molecular formula is C16H23N3O. The fourth-order valence-electron chi connectivity index (χ4n) is 4.05. The van der Waals surface area contributed by atoms with Crippen LogP contribution in [0.4, 0.5) is 0 Å². The number of hydrogen-bond acceptors (Lipinski definition) is 2. The zero-order valence-corrected chi connectivity index (χ0v) is 12.5. The molecule has 0 aliphatic heterocycles. The quantitative estimate of drug-likeness (QED) is 0.832. The molecular weight excluding hydrogens is 250 g/mol. The molecule has 2 aliphatic rings. The highest BCUT2D eigenvalue weighted by molar-refractivity contribution is 5.87. The number of carbonyl (C=O) groups excluding carboxylic acids is 1. The molecule has 2 fully saturated rings. The molecule has 0 saturated heterocycles. The van der Waals surface area contributed by atoms with Crippen molar-refractivity contribution in [1.29, 1.82) is 0 Å². The molecule has 1 aromatic heterocycles. The lowest BCUT2D eigenvalue weighted by Gasteiger charge is -2.37. The van der Waals surface area contributed by atoms with Crippen molar-refractivity contribution in [3.8, 4) is 0 Å². The van der Waals surface area contributed by atoms with Crippen LogP contribution in [0.3, 0.4) is 0 Å². The molecule has 2 N–H and O–H groups in total. The molecule has 2 aliphatic carbocycles. The van der Waals surface area contributed by atoms with Gasteiger partial charge in [0.1, 0.15) is 0 Å². The summed E-state index contributed by atoms with van der Waals surface area (Å²) in [6, 6.07) is 1.96. The number of aryl methyl sites for hydroxylation is 1. The van der Waals surface area contributed by atoms with E-state index in [1.165, 1.54) is 0 Å². The van der Waals surface area contributed by atoms with Gasteiger partial charge in [0.05, 0.1) is 17.7 Å². The van der Waals surface area contributed by atoms with Gasteiger partial charge in [-0.25, -0.2) is 0 Å². The van der Waals surface area contributed by atoms with Crippen molar-refractivity contribution >= 4 is 5.91 Å². The summed E-state index contributed by atoms with van der Waals surface area (Å²) in [5.74, 6) is 0.740. The van der Waals surface area contributed by atoms with E-state index in [0.29, 0.717) is 12.5 Å². The lowest BCUT2D eigenvalue weighted by molar-refractivity contribution is -0.128. The van der Waals surface area contributed by atoms with E-state index in [9.17, 15) is 4.79 Å². The number of hydrogen-bond donors (Lipinski definition) is 2.